The Morgan fingerprint density at radius 1 is 1.36 bits per heavy atom. The van der Waals surface area contributed by atoms with Crippen LogP contribution >= 0.6 is 0 Å². The minimum absolute atomic E-state index is 0.426. The molecule has 2 rings (SSSR count). The van der Waals surface area contributed by atoms with Crippen molar-refractivity contribution >= 4 is 10.2 Å². The van der Waals surface area contributed by atoms with Gasteiger partial charge in [-0.25, -0.2) is 0 Å². The summed E-state index contributed by atoms with van der Waals surface area (Å²) in [6, 6.07) is 8.09. The van der Waals surface area contributed by atoms with E-state index in [-0.39, 0.29) is 0 Å². The average Bonchev–Trinajstić information content (AvgIpc) is 2.53. The van der Waals surface area contributed by atoms with Gasteiger partial charge in [-0.15, -0.1) is 0 Å². The van der Waals surface area contributed by atoms with Crippen LogP contribution in [0.3, 0.4) is 0 Å². The van der Waals surface area contributed by atoms with E-state index < -0.39 is 10.2 Å². The summed E-state index contributed by atoms with van der Waals surface area (Å²) in [6.07, 6.45) is 4.00. The van der Waals surface area contributed by atoms with Crippen LogP contribution in [-0.4, -0.2) is 51.3 Å². The quantitative estimate of drug-likeness (QED) is 0.805. The molecule has 0 bridgehead atoms. The van der Waals surface area contributed by atoms with Gasteiger partial charge >= 0.3 is 0 Å². The van der Waals surface area contributed by atoms with Crippen LogP contribution in [0.2, 0.25) is 0 Å². The van der Waals surface area contributed by atoms with Gasteiger partial charge in [0, 0.05) is 27.2 Å². The van der Waals surface area contributed by atoms with Crippen LogP contribution in [0, 0.1) is 5.92 Å². The van der Waals surface area contributed by atoms with E-state index in [1.807, 2.05) is 12.1 Å². The molecule has 1 aromatic carbocycles. The Labute approximate surface area is 134 Å². The third-order valence-corrected chi connectivity index (χ3v) is 6.15. The van der Waals surface area contributed by atoms with Gasteiger partial charge in [0.2, 0.25) is 0 Å². The summed E-state index contributed by atoms with van der Waals surface area (Å²) in [5.41, 5.74) is 1.24. The van der Waals surface area contributed by atoms with E-state index in [1.54, 1.807) is 25.5 Å². The van der Waals surface area contributed by atoms with Gasteiger partial charge in [-0.05, 0) is 49.3 Å². The van der Waals surface area contributed by atoms with Crippen molar-refractivity contribution in [2.75, 3.05) is 34.3 Å². The van der Waals surface area contributed by atoms with E-state index in [0.29, 0.717) is 19.0 Å². The van der Waals surface area contributed by atoms with E-state index >= 15 is 0 Å². The number of hydrogen-bond acceptors (Lipinski definition) is 3. The normalized spacial score (nSPS) is 20.3. The van der Waals surface area contributed by atoms with Crippen molar-refractivity contribution in [3.05, 3.63) is 29.8 Å². The van der Waals surface area contributed by atoms with Gasteiger partial charge in [0.1, 0.15) is 5.75 Å². The predicted molar refractivity (Wildman–Crippen MR) is 88.2 cm³/mol. The largest absolute Gasteiger partial charge is 0.497 e. The second-order valence-corrected chi connectivity index (χ2v) is 8.19. The highest BCUT2D eigenvalue weighted by atomic mass is 32.2. The molecule has 0 radical (unpaired) electrons. The maximum absolute atomic E-state index is 12.2. The first-order valence-electron chi connectivity index (χ1n) is 7.74. The van der Waals surface area contributed by atoms with Crippen LogP contribution in [0.25, 0.3) is 0 Å². The van der Waals surface area contributed by atoms with Crippen LogP contribution in [0.4, 0.5) is 0 Å². The van der Waals surface area contributed by atoms with Crippen molar-refractivity contribution in [1.82, 2.24) is 8.61 Å². The Bertz CT molecular complexity index is 587. The number of hydrogen-bond donors (Lipinski definition) is 0. The van der Waals surface area contributed by atoms with Gasteiger partial charge in [0.15, 0.2) is 0 Å². The van der Waals surface area contributed by atoms with Crippen LogP contribution in [0.1, 0.15) is 24.8 Å². The molecule has 0 aromatic heterocycles. The molecule has 6 heteroatoms. The van der Waals surface area contributed by atoms with Crippen LogP contribution in [0.5, 0.6) is 5.75 Å². The standard InChI is InChI=1S/C16H26N2O3S/c1-17(2)22(19,20)18-11-5-7-15(13-18)10-9-14-6-4-8-16(12-14)21-3/h4,6,8,12,15H,5,7,9-11,13H2,1-3H3. The summed E-state index contributed by atoms with van der Waals surface area (Å²) in [5.74, 6) is 1.30. The number of rotatable bonds is 6. The van der Waals surface area contributed by atoms with E-state index in [2.05, 4.69) is 12.1 Å². The van der Waals surface area contributed by atoms with Crippen LogP contribution in [0.15, 0.2) is 24.3 Å². The molecule has 5 nitrogen and oxygen atoms in total. The van der Waals surface area contributed by atoms with Crippen molar-refractivity contribution in [3.63, 3.8) is 0 Å². The van der Waals surface area contributed by atoms with Gasteiger partial charge in [-0.1, -0.05) is 12.1 Å². The van der Waals surface area contributed by atoms with Crippen molar-refractivity contribution < 1.29 is 13.2 Å². The van der Waals surface area contributed by atoms with Crippen molar-refractivity contribution in [1.29, 1.82) is 0 Å². The number of methoxy groups -OCH3 is 1. The number of nitrogens with zero attached hydrogens (tertiary/aromatic N) is 2. The minimum atomic E-state index is -3.28. The SMILES string of the molecule is COc1cccc(CCC2CCCN(S(=O)(=O)N(C)C)C2)c1. The number of ether oxygens (including phenoxy) is 1. The minimum Gasteiger partial charge on any atom is -0.497 e. The molecule has 124 valence electrons. The number of aryl methyl sites for hydroxylation is 1. The lowest BCUT2D eigenvalue weighted by Gasteiger charge is -2.33. The fourth-order valence-corrected chi connectivity index (χ4v) is 4.12. The lowest BCUT2D eigenvalue weighted by atomic mass is 9.93. The van der Waals surface area contributed by atoms with Crippen molar-refractivity contribution in [2.45, 2.75) is 25.7 Å². The first kappa shape index (κ1) is 17.2. The third-order valence-electron chi connectivity index (χ3n) is 4.24. The number of benzene rings is 1. The Kier molecular flexibility index (Phi) is 5.83. The molecule has 1 saturated heterocycles. The molecule has 1 aromatic rings. The zero-order chi connectivity index (χ0) is 16.2. The third kappa shape index (κ3) is 4.21. The summed E-state index contributed by atoms with van der Waals surface area (Å²) in [5, 5.41) is 0. The molecule has 1 aliphatic heterocycles. The topological polar surface area (TPSA) is 49.9 Å². The second-order valence-electron chi connectivity index (χ2n) is 6.05. The zero-order valence-electron chi connectivity index (χ0n) is 13.7. The average molecular weight is 326 g/mol. The summed E-state index contributed by atoms with van der Waals surface area (Å²) < 4.78 is 32.6. The highest BCUT2D eigenvalue weighted by Gasteiger charge is 2.30. The maximum atomic E-state index is 12.2. The highest BCUT2D eigenvalue weighted by molar-refractivity contribution is 7.86. The van der Waals surface area contributed by atoms with Crippen LogP contribution < -0.4 is 4.74 Å². The van der Waals surface area contributed by atoms with Gasteiger partial charge in [-0.2, -0.15) is 17.0 Å². The highest BCUT2D eigenvalue weighted by Crippen LogP contribution is 2.25. The van der Waals surface area contributed by atoms with Crippen LogP contribution in [-0.2, 0) is 16.6 Å². The van der Waals surface area contributed by atoms with E-state index in [1.165, 1.54) is 9.87 Å². The van der Waals surface area contributed by atoms with Crippen molar-refractivity contribution in [3.8, 4) is 5.75 Å². The molecule has 0 amide bonds. The first-order valence-corrected chi connectivity index (χ1v) is 9.13. The fraction of sp³-hybridized carbons (Fsp3) is 0.625. The van der Waals surface area contributed by atoms with Crippen molar-refractivity contribution in [2.24, 2.45) is 5.92 Å². The molecule has 1 unspecified atom stereocenters. The molecular weight excluding hydrogens is 300 g/mol. The molecule has 0 spiro atoms. The second kappa shape index (κ2) is 7.44. The zero-order valence-corrected chi connectivity index (χ0v) is 14.5. The molecule has 0 N–H and O–H groups in total. The summed E-state index contributed by atoms with van der Waals surface area (Å²) in [7, 11) is 1.58. The predicted octanol–water partition coefficient (Wildman–Crippen LogP) is 2.15. The fourth-order valence-electron chi connectivity index (χ4n) is 2.90. The van der Waals surface area contributed by atoms with E-state index in [4.69, 9.17) is 4.74 Å². The Morgan fingerprint density at radius 2 is 2.14 bits per heavy atom. The van der Waals surface area contributed by atoms with Gasteiger partial charge in [0.25, 0.3) is 10.2 Å². The number of piperidine rings is 1. The molecule has 0 saturated carbocycles. The lowest BCUT2D eigenvalue weighted by molar-refractivity contribution is 0.246. The van der Waals surface area contributed by atoms with Gasteiger partial charge in [-0.3, -0.25) is 0 Å². The van der Waals surface area contributed by atoms with Gasteiger partial charge < -0.3 is 4.74 Å². The molecule has 0 aliphatic carbocycles. The Morgan fingerprint density at radius 3 is 2.82 bits per heavy atom. The molecule has 22 heavy (non-hydrogen) atoms. The Balaban J connectivity index is 1.93. The molecule has 1 aliphatic rings. The Hall–Kier alpha value is -1.11. The monoisotopic (exact) mass is 326 g/mol. The first-order chi connectivity index (χ1) is 10.4. The molecule has 1 heterocycles. The van der Waals surface area contributed by atoms with E-state index in [0.717, 1.165) is 31.4 Å². The molecular formula is C16H26N2O3S. The molecule has 1 fully saturated rings. The lowest BCUT2D eigenvalue weighted by Crippen LogP contribution is -2.45. The van der Waals surface area contributed by atoms with E-state index in [9.17, 15) is 8.42 Å². The summed E-state index contributed by atoms with van der Waals surface area (Å²) in [6.45, 7) is 1.26. The smallest absolute Gasteiger partial charge is 0.281 e. The maximum Gasteiger partial charge on any atom is 0.281 e. The van der Waals surface area contributed by atoms with Gasteiger partial charge in [0.05, 0.1) is 7.11 Å². The summed E-state index contributed by atoms with van der Waals surface area (Å²) in [4.78, 5) is 0. The summed E-state index contributed by atoms with van der Waals surface area (Å²) >= 11 is 0. The molecule has 1 atom stereocenters.